The lowest BCUT2D eigenvalue weighted by Gasteiger charge is -2.37. The summed E-state index contributed by atoms with van der Waals surface area (Å²) >= 11 is 0. The molecule has 102 valence electrons. The van der Waals surface area contributed by atoms with Gasteiger partial charge in [0.1, 0.15) is 6.10 Å². The van der Waals surface area contributed by atoms with Crippen LogP contribution in [0.2, 0.25) is 18.1 Å². The normalized spacial score (nSPS) is 21.6. The number of carbonyl (C=O) groups is 2. The van der Waals surface area contributed by atoms with E-state index in [1.807, 2.05) is 0 Å². The van der Waals surface area contributed by atoms with Gasteiger partial charge in [-0.1, -0.05) is 26.8 Å². The lowest BCUT2D eigenvalue weighted by Crippen LogP contribution is -2.46. The zero-order chi connectivity index (χ0) is 14.1. The van der Waals surface area contributed by atoms with Crippen LogP contribution in [0.3, 0.4) is 0 Å². The van der Waals surface area contributed by atoms with Gasteiger partial charge in [0.15, 0.2) is 8.32 Å². The van der Waals surface area contributed by atoms with Crippen LogP contribution in [0.1, 0.15) is 27.2 Å². The van der Waals surface area contributed by atoms with Crippen molar-refractivity contribution >= 4 is 20.1 Å². The molecule has 0 spiro atoms. The maximum atomic E-state index is 12.1. The number of carbonyl (C=O) groups excluding carboxylic acids is 2. The molecule has 5 heteroatoms. The maximum Gasteiger partial charge on any atom is 0.257 e. The summed E-state index contributed by atoms with van der Waals surface area (Å²) in [5, 5.41) is 0.0299. The Morgan fingerprint density at radius 3 is 2.44 bits per heavy atom. The van der Waals surface area contributed by atoms with Crippen molar-refractivity contribution in [1.82, 2.24) is 4.90 Å². The molecule has 0 bridgehead atoms. The Balaban J connectivity index is 2.79. The fourth-order valence-corrected chi connectivity index (χ4v) is 2.85. The third-order valence-corrected chi connectivity index (χ3v) is 8.24. The molecular formula is C13H23NO3Si. The molecule has 1 aliphatic rings. The van der Waals surface area contributed by atoms with Crippen molar-refractivity contribution in [3.63, 3.8) is 0 Å². The summed E-state index contributed by atoms with van der Waals surface area (Å²) in [5.41, 5.74) is 0. The second kappa shape index (κ2) is 4.97. The van der Waals surface area contributed by atoms with Crippen molar-refractivity contribution in [2.24, 2.45) is 0 Å². The predicted octanol–water partition coefficient (Wildman–Crippen LogP) is 2.32. The first-order chi connectivity index (χ1) is 8.10. The molecule has 0 radical (unpaired) electrons. The quantitative estimate of drug-likeness (QED) is 0.447. The highest BCUT2D eigenvalue weighted by Crippen LogP contribution is 2.38. The highest BCUT2D eigenvalue weighted by Gasteiger charge is 2.45. The molecule has 0 aromatic carbocycles. The number of rotatable bonds is 4. The summed E-state index contributed by atoms with van der Waals surface area (Å²) in [6.07, 6.45) is 1.13. The topological polar surface area (TPSA) is 46.6 Å². The SMILES string of the molecule is C=CCN1C(=O)C[C@H](O[Si](C)(C)C(C)(C)C)C1=O. The first-order valence-corrected chi connectivity index (χ1v) is 9.14. The highest BCUT2D eigenvalue weighted by atomic mass is 28.4. The molecular weight excluding hydrogens is 246 g/mol. The van der Waals surface area contributed by atoms with E-state index in [1.165, 1.54) is 4.90 Å². The van der Waals surface area contributed by atoms with Crippen LogP contribution < -0.4 is 0 Å². The molecule has 1 fully saturated rings. The Labute approximate surface area is 110 Å². The summed E-state index contributed by atoms with van der Waals surface area (Å²) in [6, 6.07) is 0. The molecule has 0 saturated carbocycles. The Bertz CT molecular complexity index is 371. The second-order valence-corrected chi connectivity index (χ2v) is 11.0. The number of hydrogen-bond acceptors (Lipinski definition) is 3. The monoisotopic (exact) mass is 269 g/mol. The van der Waals surface area contributed by atoms with E-state index in [-0.39, 0.29) is 29.8 Å². The fraction of sp³-hybridized carbons (Fsp3) is 0.692. The molecule has 0 aromatic heterocycles. The van der Waals surface area contributed by atoms with Crippen LogP contribution in [0, 0.1) is 0 Å². The van der Waals surface area contributed by atoms with E-state index < -0.39 is 14.4 Å². The zero-order valence-electron chi connectivity index (χ0n) is 11.9. The van der Waals surface area contributed by atoms with Crippen LogP contribution in [0.4, 0.5) is 0 Å². The van der Waals surface area contributed by atoms with E-state index in [0.717, 1.165) is 0 Å². The Kier molecular flexibility index (Phi) is 4.18. The average molecular weight is 269 g/mol. The molecule has 18 heavy (non-hydrogen) atoms. The van der Waals surface area contributed by atoms with E-state index in [9.17, 15) is 9.59 Å². The largest absolute Gasteiger partial charge is 0.404 e. The summed E-state index contributed by atoms with van der Waals surface area (Å²) in [5.74, 6) is -0.381. The molecule has 1 heterocycles. The Morgan fingerprint density at radius 2 is 2.00 bits per heavy atom. The number of amides is 2. The van der Waals surface area contributed by atoms with Crippen molar-refractivity contribution in [1.29, 1.82) is 0 Å². The number of hydrogen-bond donors (Lipinski definition) is 0. The standard InChI is InChI=1S/C13H23NO3Si/c1-7-8-14-11(15)9-10(12(14)16)17-18(5,6)13(2,3)4/h7,10H,1,8-9H2,2-6H3/t10-/m0/s1. The van der Waals surface area contributed by atoms with Gasteiger partial charge in [-0.2, -0.15) is 0 Å². The Hall–Kier alpha value is -0.943. The van der Waals surface area contributed by atoms with Crippen molar-refractivity contribution in [2.45, 2.75) is 51.4 Å². The Morgan fingerprint density at radius 1 is 1.44 bits per heavy atom. The third kappa shape index (κ3) is 2.90. The number of imide groups is 1. The lowest BCUT2D eigenvalue weighted by molar-refractivity contribution is -0.139. The summed E-state index contributed by atoms with van der Waals surface area (Å²) in [6.45, 7) is 14.3. The lowest BCUT2D eigenvalue weighted by atomic mass is 10.2. The first-order valence-electron chi connectivity index (χ1n) is 6.23. The van der Waals surface area contributed by atoms with E-state index in [0.29, 0.717) is 0 Å². The van der Waals surface area contributed by atoms with Gasteiger partial charge in [0.05, 0.1) is 6.42 Å². The maximum absolute atomic E-state index is 12.1. The van der Waals surface area contributed by atoms with Crippen LogP contribution in [0.15, 0.2) is 12.7 Å². The van der Waals surface area contributed by atoms with Gasteiger partial charge in [-0.25, -0.2) is 0 Å². The third-order valence-electron chi connectivity index (χ3n) is 3.76. The van der Waals surface area contributed by atoms with E-state index in [4.69, 9.17) is 4.43 Å². The fourth-order valence-electron chi connectivity index (χ4n) is 1.60. The zero-order valence-corrected chi connectivity index (χ0v) is 12.9. The van der Waals surface area contributed by atoms with Crippen molar-refractivity contribution in [3.05, 3.63) is 12.7 Å². The van der Waals surface area contributed by atoms with Crippen LogP contribution in [0.5, 0.6) is 0 Å². The van der Waals surface area contributed by atoms with Gasteiger partial charge in [-0.3, -0.25) is 14.5 Å². The minimum Gasteiger partial charge on any atom is -0.404 e. The molecule has 1 aliphatic heterocycles. The van der Waals surface area contributed by atoms with E-state index in [1.54, 1.807) is 6.08 Å². The molecule has 0 N–H and O–H groups in total. The van der Waals surface area contributed by atoms with Crippen molar-refractivity contribution < 1.29 is 14.0 Å². The van der Waals surface area contributed by atoms with E-state index >= 15 is 0 Å². The van der Waals surface area contributed by atoms with Gasteiger partial charge in [0, 0.05) is 6.54 Å². The predicted molar refractivity (Wildman–Crippen MR) is 73.6 cm³/mol. The van der Waals surface area contributed by atoms with Gasteiger partial charge in [0.25, 0.3) is 5.91 Å². The highest BCUT2D eigenvalue weighted by molar-refractivity contribution is 6.74. The summed E-state index contributed by atoms with van der Waals surface area (Å²) < 4.78 is 6.02. The minimum atomic E-state index is -2.02. The van der Waals surface area contributed by atoms with Crippen LogP contribution in [0.25, 0.3) is 0 Å². The van der Waals surface area contributed by atoms with Gasteiger partial charge in [0.2, 0.25) is 5.91 Å². The molecule has 0 aliphatic carbocycles. The first kappa shape index (κ1) is 15.1. The summed E-state index contributed by atoms with van der Waals surface area (Å²) in [4.78, 5) is 25.0. The van der Waals surface area contributed by atoms with Gasteiger partial charge in [-0.15, -0.1) is 6.58 Å². The van der Waals surface area contributed by atoms with Gasteiger partial charge < -0.3 is 4.43 Å². The van der Waals surface area contributed by atoms with Gasteiger partial charge in [-0.05, 0) is 18.1 Å². The molecule has 4 nitrogen and oxygen atoms in total. The molecule has 1 saturated heterocycles. The molecule has 2 amide bonds. The molecule has 0 aromatic rings. The van der Waals surface area contributed by atoms with Crippen LogP contribution in [-0.2, 0) is 14.0 Å². The van der Waals surface area contributed by atoms with E-state index in [2.05, 4.69) is 40.4 Å². The van der Waals surface area contributed by atoms with Crippen LogP contribution in [-0.4, -0.2) is 37.7 Å². The average Bonchev–Trinajstić information content (AvgIpc) is 2.44. The number of nitrogens with zero attached hydrogens (tertiary/aromatic N) is 1. The molecule has 0 unspecified atom stereocenters. The summed E-state index contributed by atoms with van der Waals surface area (Å²) in [7, 11) is -2.02. The van der Waals surface area contributed by atoms with Crippen LogP contribution >= 0.6 is 0 Å². The van der Waals surface area contributed by atoms with Gasteiger partial charge >= 0.3 is 0 Å². The minimum absolute atomic E-state index is 0.0299. The van der Waals surface area contributed by atoms with Crippen molar-refractivity contribution in [2.75, 3.05) is 6.54 Å². The smallest absolute Gasteiger partial charge is 0.257 e. The molecule has 1 rings (SSSR count). The second-order valence-electron chi connectivity index (χ2n) is 6.20. The number of likely N-dealkylation sites (tertiary alicyclic amines) is 1. The molecule has 1 atom stereocenters. The van der Waals surface area contributed by atoms with Crippen molar-refractivity contribution in [3.8, 4) is 0 Å².